The molecule has 0 spiro atoms. The van der Waals surface area contributed by atoms with Crippen molar-refractivity contribution in [2.75, 3.05) is 0 Å². The highest BCUT2D eigenvalue weighted by Crippen LogP contribution is 2.32. The van der Waals surface area contributed by atoms with Crippen LogP contribution in [0.3, 0.4) is 0 Å². The number of aliphatic hydroxyl groups is 1. The first kappa shape index (κ1) is 13.5. The first-order valence-electron chi connectivity index (χ1n) is 5.63. The fourth-order valence-electron chi connectivity index (χ4n) is 1.71. The Morgan fingerprint density at radius 2 is 2.11 bits per heavy atom. The molecule has 1 aromatic carbocycles. The maximum Gasteiger partial charge on any atom is 0.0986 e. The molecule has 1 aromatic heterocycles. The molecule has 2 aromatic rings. The average molecular weight is 283 g/mol. The highest BCUT2D eigenvalue weighted by molar-refractivity contribution is 7.99. The molecule has 0 aliphatic rings. The van der Waals surface area contributed by atoms with Crippen molar-refractivity contribution in [3.8, 4) is 0 Å². The van der Waals surface area contributed by atoms with E-state index in [2.05, 4.69) is 5.10 Å². The summed E-state index contributed by atoms with van der Waals surface area (Å²) in [6.45, 7) is 3.67. The van der Waals surface area contributed by atoms with Crippen LogP contribution in [0, 0.1) is 6.92 Å². The number of aromatic nitrogens is 2. The third-order valence-corrected chi connectivity index (χ3v) is 4.01. The van der Waals surface area contributed by atoms with E-state index >= 15 is 0 Å². The van der Waals surface area contributed by atoms with E-state index in [-0.39, 0.29) is 0 Å². The van der Waals surface area contributed by atoms with E-state index in [0.29, 0.717) is 5.02 Å². The Kier molecular flexibility index (Phi) is 4.00. The molecule has 5 heteroatoms. The molecule has 0 amide bonds. The molecule has 1 N–H and O–H groups in total. The largest absolute Gasteiger partial charge is 0.389 e. The van der Waals surface area contributed by atoms with Gasteiger partial charge in [-0.3, -0.25) is 4.68 Å². The van der Waals surface area contributed by atoms with Gasteiger partial charge in [0, 0.05) is 17.0 Å². The molecule has 1 unspecified atom stereocenters. The molecule has 0 saturated heterocycles. The number of halogens is 1. The summed E-state index contributed by atoms with van der Waals surface area (Å²) in [7, 11) is 1.92. The van der Waals surface area contributed by atoms with Gasteiger partial charge in [-0.05, 0) is 37.6 Å². The van der Waals surface area contributed by atoms with E-state index < -0.39 is 6.10 Å². The van der Waals surface area contributed by atoms with E-state index in [0.717, 1.165) is 21.2 Å². The lowest BCUT2D eigenvalue weighted by molar-refractivity contribution is 0.199. The van der Waals surface area contributed by atoms with E-state index in [1.807, 2.05) is 42.9 Å². The average Bonchev–Trinajstić information content (AvgIpc) is 2.57. The molecule has 3 nitrogen and oxygen atoms in total. The first-order valence-corrected chi connectivity index (χ1v) is 6.83. The van der Waals surface area contributed by atoms with Gasteiger partial charge in [-0.2, -0.15) is 5.10 Å². The molecule has 0 radical (unpaired) electrons. The molecule has 1 heterocycles. The number of hydrogen-bond acceptors (Lipinski definition) is 3. The zero-order chi connectivity index (χ0) is 13.3. The minimum atomic E-state index is -0.546. The summed E-state index contributed by atoms with van der Waals surface area (Å²) in [6, 6.07) is 7.72. The third kappa shape index (κ3) is 2.88. The van der Waals surface area contributed by atoms with Crippen LogP contribution >= 0.6 is 23.4 Å². The van der Waals surface area contributed by atoms with Crippen LogP contribution in [0.1, 0.15) is 24.3 Å². The Morgan fingerprint density at radius 1 is 1.39 bits per heavy atom. The number of hydrogen-bond donors (Lipinski definition) is 1. The van der Waals surface area contributed by atoms with Crippen LogP contribution in [-0.2, 0) is 7.05 Å². The third-order valence-electron chi connectivity index (χ3n) is 2.60. The van der Waals surface area contributed by atoms with Crippen molar-refractivity contribution in [2.24, 2.45) is 7.05 Å². The number of aryl methyl sites for hydroxylation is 2. The van der Waals surface area contributed by atoms with Gasteiger partial charge in [0.2, 0.25) is 0 Å². The fraction of sp³-hybridized carbons (Fsp3) is 0.308. The Bertz CT molecular complexity index is 566. The van der Waals surface area contributed by atoms with E-state index in [9.17, 15) is 5.11 Å². The zero-order valence-electron chi connectivity index (χ0n) is 10.5. The lowest BCUT2D eigenvalue weighted by Crippen LogP contribution is -1.94. The van der Waals surface area contributed by atoms with Crippen LogP contribution < -0.4 is 0 Å². The topological polar surface area (TPSA) is 38.0 Å². The number of nitrogens with zero attached hydrogens (tertiary/aromatic N) is 2. The summed E-state index contributed by atoms with van der Waals surface area (Å²) in [5.41, 5.74) is 1.74. The van der Waals surface area contributed by atoms with Crippen LogP contribution in [-0.4, -0.2) is 14.9 Å². The van der Waals surface area contributed by atoms with Gasteiger partial charge >= 0.3 is 0 Å². The molecular weight excluding hydrogens is 268 g/mol. The fourth-order valence-corrected chi connectivity index (χ4v) is 3.07. The van der Waals surface area contributed by atoms with Crippen molar-refractivity contribution in [1.29, 1.82) is 0 Å². The predicted octanol–water partition coefficient (Wildman–Crippen LogP) is 3.59. The van der Waals surface area contributed by atoms with Crippen LogP contribution in [0.15, 0.2) is 34.2 Å². The molecule has 1 atom stereocenters. The molecule has 0 fully saturated rings. The van der Waals surface area contributed by atoms with E-state index in [1.54, 1.807) is 18.7 Å². The highest BCUT2D eigenvalue weighted by Gasteiger charge is 2.09. The molecule has 0 aliphatic heterocycles. The summed E-state index contributed by atoms with van der Waals surface area (Å²) in [5, 5.41) is 15.5. The quantitative estimate of drug-likeness (QED) is 0.935. The Morgan fingerprint density at radius 3 is 2.61 bits per heavy atom. The monoisotopic (exact) mass is 282 g/mol. The molecule has 96 valence electrons. The van der Waals surface area contributed by atoms with Gasteiger partial charge in [-0.25, -0.2) is 0 Å². The van der Waals surface area contributed by atoms with Crippen molar-refractivity contribution in [3.05, 3.63) is 40.5 Å². The van der Waals surface area contributed by atoms with E-state index in [1.165, 1.54) is 0 Å². The number of benzene rings is 1. The van der Waals surface area contributed by atoms with Gasteiger partial charge in [-0.15, -0.1) is 0 Å². The zero-order valence-corrected chi connectivity index (χ0v) is 12.1. The minimum Gasteiger partial charge on any atom is -0.389 e. The predicted molar refractivity (Wildman–Crippen MR) is 74.2 cm³/mol. The lowest BCUT2D eigenvalue weighted by atomic mass is 10.1. The molecule has 0 saturated carbocycles. The van der Waals surface area contributed by atoms with Crippen molar-refractivity contribution in [3.63, 3.8) is 0 Å². The molecule has 2 rings (SSSR count). The summed E-state index contributed by atoms with van der Waals surface area (Å²) >= 11 is 7.74. The van der Waals surface area contributed by atoms with Gasteiger partial charge < -0.3 is 5.11 Å². The second-order valence-electron chi connectivity index (χ2n) is 4.21. The standard InChI is InChI=1S/C13H15ClN2OS/c1-8-6-13(16(3)15-8)18-10-4-5-11(9(2)17)12(14)7-10/h4-7,9,17H,1-3H3. The minimum absolute atomic E-state index is 0.546. The molecule has 0 aliphatic carbocycles. The molecule has 18 heavy (non-hydrogen) atoms. The van der Waals surface area contributed by atoms with Crippen LogP contribution in [0.4, 0.5) is 0 Å². The van der Waals surface area contributed by atoms with Gasteiger partial charge in [0.25, 0.3) is 0 Å². The second kappa shape index (κ2) is 5.34. The Labute approximate surface area is 116 Å². The SMILES string of the molecule is Cc1cc(Sc2ccc(C(C)O)c(Cl)c2)n(C)n1. The normalized spacial score (nSPS) is 12.7. The van der Waals surface area contributed by atoms with Crippen molar-refractivity contribution >= 4 is 23.4 Å². The smallest absolute Gasteiger partial charge is 0.0986 e. The summed E-state index contributed by atoms with van der Waals surface area (Å²) in [5.74, 6) is 0. The summed E-state index contributed by atoms with van der Waals surface area (Å²) in [6.07, 6.45) is -0.546. The highest BCUT2D eigenvalue weighted by atomic mass is 35.5. The number of aliphatic hydroxyl groups excluding tert-OH is 1. The number of rotatable bonds is 3. The van der Waals surface area contributed by atoms with Crippen LogP contribution in [0.25, 0.3) is 0 Å². The van der Waals surface area contributed by atoms with Crippen molar-refractivity contribution < 1.29 is 5.11 Å². The van der Waals surface area contributed by atoms with Gasteiger partial charge in [0.1, 0.15) is 0 Å². The van der Waals surface area contributed by atoms with E-state index in [4.69, 9.17) is 11.6 Å². The van der Waals surface area contributed by atoms with Gasteiger partial charge in [0.05, 0.1) is 16.8 Å². The van der Waals surface area contributed by atoms with Crippen LogP contribution in [0.2, 0.25) is 5.02 Å². The Balaban J connectivity index is 2.25. The van der Waals surface area contributed by atoms with Crippen LogP contribution in [0.5, 0.6) is 0 Å². The summed E-state index contributed by atoms with van der Waals surface area (Å²) in [4.78, 5) is 1.03. The second-order valence-corrected chi connectivity index (χ2v) is 5.71. The van der Waals surface area contributed by atoms with Crippen molar-refractivity contribution in [1.82, 2.24) is 9.78 Å². The van der Waals surface area contributed by atoms with Gasteiger partial charge in [0.15, 0.2) is 0 Å². The lowest BCUT2D eigenvalue weighted by Gasteiger charge is -2.09. The summed E-state index contributed by atoms with van der Waals surface area (Å²) < 4.78 is 1.84. The molecular formula is C13H15ClN2OS. The first-order chi connectivity index (χ1) is 8.47. The Hall–Kier alpha value is -0.970. The maximum atomic E-state index is 9.53. The van der Waals surface area contributed by atoms with Gasteiger partial charge in [-0.1, -0.05) is 29.4 Å². The molecule has 0 bridgehead atoms. The maximum absolute atomic E-state index is 9.53. The van der Waals surface area contributed by atoms with Crippen molar-refractivity contribution in [2.45, 2.75) is 29.9 Å².